The zero-order valence-corrected chi connectivity index (χ0v) is 11.8. The molecule has 1 saturated carbocycles. The first-order valence-corrected chi connectivity index (χ1v) is 7.35. The molecule has 1 aliphatic carbocycles. The topological polar surface area (TPSA) is 36.6 Å². The Balaban J connectivity index is 1.91. The highest BCUT2D eigenvalue weighted by atomic mass is 16.3. The molecule has 0 radical (unpaired) electrons. The van der Waals surface area contributed by atoms with Gasteiger partial charge in [-0.2, -0.15) is 0 Å². The van der Waals surface area contributed by atoms with Gasteiger partial charge in [0.25, 0.3) is 0 Å². The van der Waals surface area contributed by atoms with Crippen LogP contribution in [0.5, 0.6) is 0 Å². The van der Waals surface area contributed by atoms with Gasteiger partial charge in [-0.3, -0.25) is 0 Å². The molecule has 1 N–H and O–H groups in total. The van der Waals surface area contributed by atoms with Gasteiger partial charge >= 0.3 is 0 Å². The van der Waals surface area contributed by atoms with Gasteiger partial charge in [-0.1, -0.05) is 25.1 Å². The lowest BCUT2D eigenvalue weighted by atomic mass is 10.0. The molecule has 1 heterocycles. The Morgan fingerprint density at radius 3 is 2.70 bits per heavy atom. The molecule has 106 valence electrons. The molecule has 3 rings (SSSR count). The van der Waals surface area contributed by atoms with Crippen molar-refractivity contribution in [1.29, 1.82) is 0 Å². The maximum atomic E-state index is 10.2. The van der Waals surface area contributed by atoms with E-state index in [0.717, 1.165) is 30.0 Å². The van der Waals surface area contributed by atoms with Crippen molar-refractivity contribution >= 4 is 5.69 Å². The van der Waals surface area contributed by atoms with Crippen molar-refractivity contribution in [3.05, 3.63) is 54.0 Å². The largest absolute Gasteiger partial charge is 0.467 e. The van der Waals surface area contributed by atoms with Gasteiger partial charge in [0.05, 0.1) is 18.9 Å². The number of anilines is 1. The molecule has 0 aliphatic heterocycles. The monoisotopic (exact) mass is 271 g/mol. The third-order valence-electron chi connectivity index (χ3n) is 3.89. The van der Waals surface area contributed by atoms with E-state index in [1.807, 2.05) is 37.3 Å². The van der Waals surface area contributed by atoms with Crippen LogP contribution in [0.15, 0.2) is 47.1 Å². The predicted molar refractivity (Wildman–Crippen MR) is 79.6 cm³/mol. The number of furan rings is 1. The first-order chi connectivity index (χ1) is 9.79. The van der Waals surface area contributed by atoms with Gasteiger partial charge in [-0.15, -0.1) is 0 Å². The van der Waals surface area contributed by atoms with Gasteiger partial charge in [0, 0.05) is 17.3 Å². The number of benzene rings is 1. The van der Waals surface area contributed by atoms with Crippen LogP contribution < -0.4 is 4.90 Å². The number of hydrogen-bond acceptors (Lipinski definition) is 3. The van der Waals surface area contributed by atoms with Gasteiger partial charge < -0.3 is 14.4 Å². The first-order valence-electron chi connectivity index (χ1n) is 7.35. The summed E-state index contributed by atoms with van der Waals surface area (Å²) in [6.07, 6.45) is 4.49. The number of aliphatic hydroxyl groups excluding tert-OH is 1. The van der Waals surface area contributed by atoms with Crippen molar-refractivity contribution in [3.8, 4) is 0 Å². The van der Waals surface area contributed by atoms with E-state index in [-0.39, 0.29) is 0 Å². The Kier molecular flexibility index (Phi) is 3.79. The molecule has 0 bridgehead atoms. The third kappa shape index (κ3) is 2.73. The van der Waals surface area contributed by atoms with Crippen LogP contribution in [0.2, 0.25) is 0 Å². The van der Waals surface area contributed by atoms with E-state index < -0.39 is 6.10 Å². The summed E-state index contributed by atoms with van der Waals surface area (Å²) in [5.74, 6) is 0.970. The molecule has 1 atom stereocenters. The molecular weight excluding hydrogens is 250 g/mol. The van der Waals surface area contributed by atoms with E-state index in [9.17, 15) is 5.11 Å². The smallest absolute Gasteiger partial charge is 0.123 e. The van der Waals surface area contributed by atoms with Crippen LogP contribution in [-0.2, 0) is 6.54 Å². The Bertz CT molecular complexity index is 546. The number of nitrogens with zero attached hydrogens (tertiary/aromatic N) is 1. The SMILES string of the molecule is CC[C@H](O)c1ccccc1N(Cc1ccco1)C1CC1. The fraction of sp³-hybridized carbons (Fsp3) is 0.412. The molecule has 0 saturated heterocycles. The fourth-order valence-corrected chi connectivity index (χ4v) is 2.62. The highest BCUT2D eigenvalue weighted by molar-refractivity contribution is 5.56. The molecule has 0 unspecified atom stereocenters. The molecule has 2 aromatic rings. The van der Waals surface area contributed by atoms with Crippen molar-refractivity contribution in [1.82, 2.24) is 0 Å². The summed E-state index contributed by atoms with van der Waals surface area (Å²) in [4.78, 5) is 2.37. The van der Waals surface area contributed by atoms with Crippen molar-refractivity contribution in [3.63, 3.8) is 0 Å². The summed E-state index contributed by atoms with van der Waals surface area (Å²) in [5.41, 5.74) is 2.16. The van der Waals surface area contributed by atoms with Gasteiger partial charge in [0.2, 0.25) is 0 Å². The molecule has 20 heavy (non-hydrogen) atoms. The van der Waals surface area contributed by atoms with Crippen LogP contribution in [0.4, 0.5) is 5.69 Å². The van der Waals surface area contributed by atoms with Crippen molar-refractivity contribution < 1.29 is 9.52 Å². The Hall–Kier alpha value is -1.74. The Labute approximate surface area is 119 Å². The Morgan fingerprint density at radius 2 is 2.05 bits per heavy atom. The normalized spacial score (nSPS) is 16.1. The molecule has 3 nitrogen and oxygen atoms in total. The quantitative estimate of drug-likeness (QED) is 0.866. The minimum absolute atomic E-state index is 0.399. The third-order valence-corrected chi connectivity index (χ3v) is 3.89. The summed E-state index contributed by atoms with van der Waals surface area (Å²) in [7, 11) is 0. The number of para-hydroxylation sites is 1. The van der Waals surface area contributed by atoms with E-state index >= 15 is 0 Å². The maximum Gasteiger partial charge on any atom is 0.123 e. The number of aliphatic hydroxyl groups is 1. The van der Waals surface area contributed by atoms with E-state index in [2.05, 4.69) is 11.0 Å². The zero-order valence-electron chi connectivity index (χ0n) is 11.8. The lowest BCUT2D eigenvalue weighted by Crippen LogP contribution is -2.26. The highest BCUT2D eigenvalue weighted by Gasteiger charge is 2.31. The number of hydrogen-bond donors (Lipinski definition) is 1. The number of rotatable bonds is 6. The molecule has 0 amide bonds. The van der Waals surface area contributed by atoms with E-state index in [0.29, 0.717) is 6.04 Å². The van der Waals surface area contributed by atoms with E-state index in [1.165, 1.54) is 12.8 Å². The van der Waals surface area contributed by atoms with Crippen LogP contribution in [0.1, 0.15) is 43.6 Å². The van der Waals surface area contributed by atoms with Crippen molar-refractivity contribution in [2.24, 2.45) is 0 Å². The molecule has 1 aliphatic rings. The molecule has 1 aromatic heterocycles. The van der Waals surface area contributed by atoms with Crippen LogP contribution in [0.25, 0.3) is 0 Å². The molecule has 1 fully saturated rings. The lowest BCUT2D eigenvalue weighted by Gasteiger charge is -2.27. The second-order valence-electron chi connectivity index (χ2n) is 5.42. The standard InChI is InChI=1S/C17H21NO2/c1-2-17(19)15-7-3-4-8-16(15)18(13-9-10-13)12-14-6-5-11-20-14/h3-8,11,13,17,19H,2,9-10,12H2,1H3/t17-/m0/s1. The van der Waals surface area contributed by atoms with E-state index in [4.69, 9.17) is 4.42 Å². The first kappa shape index (κ1) is 13.3. The van der Waals surface area contributed by atoms with Crippen LogP contribution >= 0.6 is 0 Å². The average molecular weight is 271 g/mol. The summed E-state index contributed by atoms with van der Waals surface area (Å²) in [6, 6.07) is 12.7. The lowest BCUT2D eigenvalue weighted by molar-refractivity contribution is 0.174. The fourth-order valence-electron chi connectivity index (χ4n) is 2.62. The molecule has 3 heteroatoms. The van der Waals surface area contributed by atoms with Crippen LogP contribution in [-0.4, -0.2) is 11.1 Å². The molecule has 0 spiro atoms. The summed E-state index contributed by atoms with van der Waals surface area (Å²) in [5, 5.41) is 10.2. The second-order valence-corrected chi connectivity index (χ2v) is 5.42. The van der Waals surface area contributed by atoms with Gasteiger partial charge in [-0.05, 0) is 37.5 Å². The van der Waals surface area contributed by atoms with Crippen LogP contribution in [0.3, 0.4) is 0 Å². The Morgan fingerprint density at radius 1 is 1.25 bits per heavy atom. The van der Waals surface area contributed by atoms with E-state index in [1.54, 1.807) is 6.26 Å². The molecular formula is C17H21NO2. The average Bonchev–Trinajstić information content (AvgIpc) is 3.20. The zero-order chi connectivity index (χ0) is 13.9. The minimum Gasteiger partial charge on any atom is -0.467 e. The maximum absolute atomic E-state index is 10.2. The second kappa shape index (κ2) is 5.71. The minimum atomic E-state index is -0.399. The highest BCUT2D eigenvalue weighted by Crippen LogP contribution is 2.37. The van der Waals surface area contributed by atoms with Crippen LogP contribution in [0, 0.1) is 0 Å². The summed E-state index contributed by atoms with van der Waals surface area (Å²) >= 11 is 0. The van der Waals surface area contributed by atoms with Gasteiger partial charge in [0.1, 0.15) is 5.76 Å². The van der Waals surface area contributed by atoms with Gasteiger partial charge in [0.15, 0.2) is 0 Å². The summed E-state index contributed by atoms with van der Waals surface area (Å²) < 4.78 is 5.49. The summed E-state index contributed by atoms with van der Waals surface area (Å²) in [6.45, 7) is 2.78. The molecule has 1 aromatic carbocycles. The van der Waals surface area contributed by atoms with Gasteiger partial charge in [-0.25, -0.2) is 0 Å². The van der Waals surface area contributed by atoms with Crippen molar-refractivity contribution in [2.75, 3.05) is 4.90 Å². The van der Waals surface area contributed by atoms with Crippen molar-refractivity contribution in [2.45, 2.75) is 44.9 Å². The predicted octanol–water partition coefficient (Wildman–Crippen LogP) is 3.89.